The zero-order valence-electron chi connectivity index (χ0n) is 18.7. The second kappa shape index (κ2) is 10.0. The van der Waals surface area contributed by atoms with E-state index in [0.29, 0.717) is 6.04 Å². The van der Waals surface area contributed by atoms with Crippen molar-refractivity contribution in [3.8, 4) is 5.75 Å². The quantitative estimate of drug-likeness (QED) is 0.529. The first-order chi connectivity index (χ1) is 15.6. The van der Waals surface area contributed by atoms with Crippen LogP contribution < -0.4 is 15.8 Å². The molecule has 0 radical (unpaired) electrons. The van der Waals surface area contributed by atoms with E-state index in [1.807, 2.05) is 72.8 Å². The van der Waals surface area contributed by atoms with Gasteiger partial charge in [0.2, 0.25) is 5.91 Å². The van der Waals surface area contributed by atoms with Gasteiger partial charge in [0.1, 0.15) is 11.2 Å². The number of primary amides is 1. The van der Waals surface area contributed by atoms with Crippen molar-refractivity contribution in [2.45, 2.75) is 37.1 Å². The Hall–Kier alpha value is -3.11. The largest absolute Gasteiger partial charge is 0.497 e. The molecule has 0 aromatic heterocycles. The van der Waals surface area contributed by atoms with Gasteiger partial charge < -0.3 is 15.8 Å². The summed E-state index contributed by atoms with van der Waals surface area (Å²) in [5.74, 6) is 0.774. The maximum absolute atomic E-state index is 13.2. The molecule has 1 aliphatic carbocycles. The molecule has 4 heteroatoms. The molecule has 4 nitrogen and oxygen atoms in total. The molecule has 0 spiro atoms. The number of carbonyl (C=O) groups is 1. The number of hydrogen-bond donors (Lipinski definition) is 2. The first-order valence-corrected chi connectivity index (χ1v) is 11.4. The fraction of sp³-hybridized carbons (Fsp3) is 0.321. The number of nitrogens with two attached hydrogens (primary N) is 1. The molecule has 1 fully saturated rings. The van der Waals surface area contributed by atoms with Gasteiger partial charge in [-0.05, 0) is 67.0 Å². The highest BCUT2D eigenvalue weighted by Crippen LogP contribution is 2.46. The molecule has 2 atom stereocenters. The van der Waals surface area contributed by atoms with E-state index in [1.165, 1.54) is 5.56 Å². The summed E-state index contributed by atoms with van der Waals surface area (Å²) in [6.07, 6.45) is 3.86. The topological polar surface area (TPSA) is 64.3 Å². The maximum Gasteiger partial charge on any atom is 0.232 e. The van der Waals surface area contributed by atoms with E-state index >= 15 is 0 Å². The lowest BCUT2D eigenvalue weighted by molar-refractivity contribution is -0.123. The first kappa shape index (κ1) is 22.1. The third kappa shape index (κ3) is 4.42. The number of benzene rings is 3. The van der Waals surface area contributed by atoms with E-state index in [1.54, 1.807) is 7.11 Å². The minimum absolute atomic E-state index is 0.152. The molecule has 1 saturated carbocycles. The highest BCUT2D eigenvalue weighted by atomic mass is 16.5. The third-order valence-corrected chi connectivity index (χ3v) is 6.87. The minimum Gasteiger partial charge on any atom is -0.497 e. The number of hydrogen-bond acceptors (Lipinski definition) is 3. The van der Waals surface area contributed by atoms with E-state index in [9.17, 15) is 4.79 Å². The monoisotopic (exact) mass is 428 g/mol. The number of nitrogens with one attached hydrogen (secondary N) is 1. The zero-order valence-corrected chi connectivity index (χ0v) is 18.7. The van der Waals surface area contributed by atoms with Crippen molar-refractivity contribution in [1.29, 1.82) is 0 Å². The molecule has 0 aliphatic heterocycles. The first-order valence-electron chi connectivity index (χ1n) is 11.4. The maximum atomic E-state index is 13.2. The number of ether oxygens (including phenoxy) is 1. The molecule has 2 unspecified atom stereocenters. The molecule has 0 saturated heterocycles. The lowest BCUT2D eigenvalue weighted by atomic mass is 9.64. The van der Waals surface area contributed by atoms with Gasteiger partial charge in [-0.1, -0.05) is 72.8 Å². The Morgan fingerprint density at radius 2 is 1.62 bits per heavy atom. The Kier molecular flexibility index (Phi) is 6.91. The normalized spacial score (nSPS) is 18.4. The number of carbonyl (C=O) groups excluding carboxylic acids is 1. The summed E-state index contributed by atoms with van der Waals surface area (Å²) in [4.78, 5) is 13.2. The minimum atomic E-state index is -0.814. The lowest BCUT2D eigenvalue weighted by Crippen LogP contribution is -2.48. The summed E-state index contributed by atoms with van der Waals surface area (Å²) >= 11 is 0. The Labute approximate surface area is 190 Å². The van der Waals surface area contributed by atoms with Gasteiger partial charge in [0.25, 0.3) is 0 Å². The van der Waals surface area contributed by atoms with Gasteiger partial charge >= 0.3 is 0 Å². The standard InChI is InChI=1S/C28H32N2O2/c1-32-26-14-8-9-21(19-26)17-18-30-25-16-15-24(20-25)28(27(29)31,22-10-4-2-5-11-22)23-12-6-3-7-13-23/h2-14,19,24-25,30H,15-18,20H2,1H3,(H2,29,31). The molecule has 0 heterocycles. The van der Waals surface area contributed by atoms with Crippen LogP contribution in [0.5, 0.6) is 5.75 Å². The summed E-state index contributed by atoms with van der Waals surface area (Å²) in [6, 6.07) is 28.7. The van der Waals surface area contributed by atoms with E-state index in [0.717, 1.165) is 49.1 Å². The van der Waals surface area contributed by atoms with E-state index < -0.39 is 5.41 Å². The molecule has 32 heavy (non-hydrogen) atoms. The van der Waals surface area contributed by atoms with Crippen LogP contribution in [0, 0.1) is 5.92 Å². The molecule has 1 aliphatic rings. The Morgan fingerprint density at radius 1 is 0.969 bits per heavy atom. The molecule has 3 aromatic rings. The van der Waals surface area contributed by atoms with Crippen molar-refractivity contribution in [1.82, 2.24) is 5.32 Å². The van der Waals surface area contributed by atoms with Crippen LogP contribution in [-0.4, -0.2) is 25.6 Å². The highest BCUT2D eigenvalue weighted by molar-refractivity contribution is 5.91. The Bertz CT molecular complexity index is 980. The summed E-state index contributed by atoms with van der Waals surface area (Å²) in [6.45, 7) is 0.894. The van der Waals surface area contributed by atoms with Crippen molar-refractivity contribution in [2.75, 3.05) is 13.7 Å². The molecule has 3 aromatic carbocycles. The molecule has 0 bridgehead atoms. The van der Waals surface area contributed by atoms with Gasteiger partial charge in [-0.2, -0.15) is 0 Å². The van der Waals surface area contributed by atoms with E-state index in [2.05, 4.69) is 17.4 Å². The highest BCUT2D eigenvalue weighted by Gasteiger charge is 2.49. The molecule has 3 N–H and O–H groups in total. The molecular weight excluding hydrogens is 396 g/mol. The smallest absolute Gasteiger partial charge is 0.232 e. The average Bonchev–Trinajstić information content (AvgIpc) is 3.30. The second-order valence-electron chi connectivity index (χ2n) is 8.67. The second-order valence-corrected chi connectivity index (χ2v) is 8.67. The zero-order chi connectivity index (χ0) is 22.4. The summed E-state index contributed by atoms with van der Waals surface area (Å²) in [5, 5.41) is 3.72. The van der Waals surface area contributed by atoms with Crippen molar-refractivity contribution < 1.29 is 9.53 Å². The number of amides is 1. The van der Waals surface area contributed by atoms with Crippen LogP contribution in [0.2, 0.25) is 0 Å². The van der Waals surface area contributed by atoms with Gasteiger partial charge in [0.15, 0.2) is 0 Å². The van der Waals surface area contributed by atoms with Crippen LogP contribution in [0.1, 0.15) is 36.0 Å². The van der Waals surface area contributed by atoms with Crippen molar-refractivity contribution >= 4 is 5.91 Å². The fourth-order valence-corrected chi connectivity index (χ4v) is 5.33. The third-order valence-electron chi connectivity index (χ3n) is 6.87. The van der Waals surface area contributed by atoms with Crippen molar-refractivity contribution in [2.24, 2.45) is 11.7 Å². The average molecular weight is 429 g/mol. The van der Waals surface area contributed by atoms with E-state index in [4.69, 9.17) is 10.5 Å². The number of rotatable bonds is 9. The molecule has 166 valence electrons. The van der Waals surface area contributed by atoms with Gasteiger partial charge in [-0.25, -0.2) is 0 Å². The predicted octanol–water partition coefficient (Wildman–Crippen LogP) is 4.47. The fourth-order valence-electron chi connectivity index (χ4n) is 5.33. The van der Waals surface area contributed by atoms with Gasteiger partial charge in [0.05, 0.1) is 7.11 Å². The van der Waals surface area contributed by atoms with Crippen LogP contribution in [0.15, 0.2) is 84.9 Å². The van der Waals surface area contributed by atoms with Crippen LogP contribution in [0.25, 0.3) is 0 Å². The van der Waals surface area contributed by atoms with Crippen LogP contribution in [0.4, 0.5) is 0 Å². The predicted molar refractivity (Wildman–Crippen MR) is 129 cm³/mol. The molecule has 1 amide bonds. The van der Waals surface area contributed by atoms with E-state index in [-0.39, 0.29) is 11.8 Å². The van der Waals surface area contributed by atoms with Gasteiger partial charge in [-0.15, -0.1) is 0 Å². The van der Waals surface area contributed by atoms with Crippen molar-refractivity contribution in [3.63, 3.8) is 0 Å². The van der Waals surface area contributed by atoms with Gasteiger partial charge in [0, 0.05) is 6.04 Å². The van der Waals surface area contributed by atoms with Crippen LogP contribution in [0.3, 0.4) is 0 Å². The van der Waals surface area contributed by atoms with Gasteiger partial charge in [-0.3, -0.25) is 4.79 Å². The van der Waals surface area contributed by atoms with Crippen molar-refractivity contribution in [3.05, 3.63) is 102 Å². The molecular formula is C28H32N2O2. The summed E-state index contributed by atoms with van der Waals surface area (Å²) in [7, 11) is 1.69. The van der Waals surface area contributed by atoms with Crippen LogP contribution in [-0.2, 0) is 16.6 Å². The van der Waals surface area contributed by atoms with Crippen LogP contribution >= 0.6 is 0 Å². The number of methoxy groups -OCH3 is 1. The summed E-state index contributed by atoms with van der Waals surface area (Å²) in [5.41, 5.74) is 8.61. The summed E-state index contributed by atoms with van der Waals surface area (Å²) < 4.78 is 5.33. The molecule has 4 rings (SSSR count). The Morgan fingerprint density at radius 3 is 2.22 bits per heavy atom. The Balaban J connectivity index is 1.52. The SMILES string of the molecule is COc1cccc(CCNC2CCC(C(C(N)=O)(c3ccccc3)c3ccccc3)C2)c1. The lowest BCUT2D eigenvalue weighted by Gasteiger charge is -2.37.